The quantitative estimate of drug-likeness (QED) is 0.800. The molecule has 2 rings (SSSR count). The Morgan fingerprint density at radius 2 is 2.33 bits per heavy atom. The van der Waals surface area contributed by atoms with Gasteiger partial charge in [-0.05, 0) is 43.0 Å². The minimum Gasteiger partial charge on any atom is -0.388 e. The van der Waals surface area contributed by atoms with Crippen LogP contribution in [0.2, 0.25) is 0 Å². The van der Waals surface area contributed by atoms with Crippen molar-refractivity contribution in [3.05, 3.63) is 29.6 Å². The number of nitrogens with two attached hydrogens (primary N) is 1. The van der Waals surface area contributed by atoms with Crippen molar-refractivity contribution in [1.82, 2.24) is 9.88 Å². The molecule has 1 aromatic heterocycles. The SMILES string of the molecule is CCN(Cc1ccnc(C(N)=S)c1)CC1CCC1. The summed E-state index contributed by atoms with van der Waals surface area (Å²) in [6.45, 7) is 5.47. The lowest BCUT2D eigenvalue weighted by atomic mass is 9.85. The van der Waals surface area contributed by atoms with Gasteiger partial charge in [-0.3, -0.25) is 9.88 Å². The van der Waals surface area contributed by atoms with Crippen LogP contribution < -0.4 is 5.73 Å². The van der Waals surface area contributed by atoms with E-state index >= 15 is 0 Å². The summed E-state index contributed by atoms with van der Waals surface area (Å²) in [5.74, 6) is 0.904. The van der Waals surface area contributed by atoms with Gasteiger partial charge in [0.15, 0.2) is 0 Å². The fourth-order valence-electron chi connectivity index (χ4n) is 2.31. The molecule has 0 unspecified atom stereocenters. The average molecular weight is 263 g/mol. The Morgan fingerprint density at radius 3 is 2.89 bits per heavy atom. The molecule has 0 spiro atoms. The van der Waals surface area contributed by atoms with Gasteiger partial charge in [0.05, 0.1) is 5.69 Å². The van der Waals surface area contributed by atoms with Crippen molar-refractivity contribution in [2.24, 2.45) is 11.7 Å². The van der Waals surface area contributed by atoms with Crippen LogP contribution in [0.3, 0.4) is 0 Å². The normalized spacial score (nSPS) is 15.7. The highest BCUT2D eigenvalue weighted by atomic mass is 32.1. The lowest BCUT2D eigenvalue weighted by Gasteiger charge is -2.31. The Kier molecular flexibility index (Phi) is 4.66. The summed E-state index contributed by atoms with van der Waals surface area (Å²) in [7, 11) is 0. The number of rotatable bonds is 6. The van der Waals surface area contributed by atoms with Gasteiger partial charge in [0.2, 0.25) is 0 Å². The molecule has 0 atom stereocenters. The molecule has 1 aliphatic carbocycles. The van der Waals surface area contributed by atoms with Crippen LogP contribution in [0.25, 0.3) is 0 Å². The van der Waals surface area contributed by atoms with Gasteiger partial charge < -0.3 is 5.73 Å². The van der Waals surface area contributed by atoms with Crippen molar-refractivity contribution in [1.29, 1.82) is 0 Å². The first-order valence-corrected chi connectivity index (χ1v) is 7.07. The molecule has 1 aromatic rings. The average Bonchev–Trinajstić information content (AvgIpc) is 2.32. The van der Waals surface area contributed by atoms with Crippen LogP contribution in [-0.4, -0.2) is 28.0 Å². The second-order valence-corrected chi connectivity index (χ2v) is 5.48. The maximum absolute atomic E-state index is 5.61. The lowest BCUT2D eigenvalue weighted by Crippen LogP contribution is -2.32. The summed E-state index contributed by atoms with van der Waals surface area (Å²) in [5.41, 5.74) is 7.58. The van der Waals surface area contributed by atoms with Crippen molar-refractivity contribution in [2.75, 3.05) is 13.1 Å². The lowest BCUT2D eigenvalue weighted by molar-refractivity contribution is 0.178. The van der Waals surface area contributed by atoms with Crippen LogP contribution in [0.5, 0.6) is 0 Å². The Labute approximate surface area is 114 Å². The van der Waals surface area contributed by atoms with E-state index in [2.05, 4.69) is 16.8 Å². The Morgan fingerprint density at radius 1 is 1.56 bits per heavy atom. The second kappa shape index (κ2) is 6.25. The molecular weight excluding hydrogens is 242 g/mol. The summed E-state index contributed by atoms with van der Waals surface area (Å²) in [5, 5.41) is 0. The first kappa shape index (κ1) is 13.4. The molecule has 0 saturated heterocycles. The molecule has 0 aliphatic heterocycles. The molecule has 0 aromatic carbocycles. The molecular formula is C14H21N3S. The maximum Gasteiger partial charge on any atom is 0.122 e. The third-order valence-corrected chi connectivity index (χ3v) is 3.88. The highest BCUT2D eigenvalue weighted by molar-refractivity contribution is 7.80. The van der Waals surface area contributed by atoms with Gasteiger partial charge in [-0.15, -0.1) is 0 Å². The molecule has 1 aliphatic rings. The number of hydrogen-bond donors (Lipinski definition) is 1. The third kappa shape index (κ3) is 3.50. The molecule has 4 heteroatoms. The van der Waals surface area contributed by atoms with E-state index in [9.17, 15) is 0 Å². The standard InChI is InChI=1S/C14H21N3S/c1-2-17(9-11-4-3-5-11)10-12-6-7-16-13(8-12)14(15)18/h6-8,11H,2-5,9-10H2,1H3,(H2,15,18). The Balaban J connectivity index is 1.97. The van der Waals surface area contributed by atoms with E-state index in [-0.39, 0.29) is 0 Å². The Bertz CT molecular complexity index is 415. The number of thiocarbonyl (C=S) groups is 1. The molecule has 3 nitrogen and oxygen atoms in total. The summed E-state index contributed by atoms with van der Waals surface area (Å²) in [6.07, 6.45) is 5.99. The van der Waals surface area contributed by atoms with Crippen molar-refractivity contribution >= 4 is 17.2 Å². The smallest absolute Gasteiger partial charge is 0.122 e. The van der Waals surface area contributed by atoms with Gasteiger partial charge >= 0.3 is 0 Å². The Hall–Kier alpha value is -1.00. The summed E-state index contributed by atoms with van der Waals surface area (Å²) in [4.78, 5) is 7.04. The van der Waals surface area contributed by atoms with E-state index in [1.165, 1.54) is 31.4 Å². The summed E-state index contributed by atoms with van der Waals surface area (Å²) >= 11 is 4.96. The minimum atomic E-state index is 0.374. The molecule has 1 heterocycles. The highest BCUT2D eigenvalue weighted by Gasteiger charge is 2.20. The van der Waals surface area contributed by atoms with Gasteiger partial charge in [0, 0.05) is 19.3 Å². The highest BCUT2D eigenvalue weighted by Crippen LogP contribution is 2.27. The van der Waals surface area contributed by atoms with Gasteiger partial charge in [0.25, 0.3) is 0 Å². The first-order chi connectivity index (χ1) is 8.69. The van der Waals surface area contributed by atoms with E-state index in [0.29, 0.717) is 4.99 Å². The van der Waals surface area contributed by atoms with Crippen molar-refractivity contribution in [3.63, 3.8) is 0 Å². The zero-order valence-electron chi connectivity index (χ0n) is 10.9. The molecule has 98 valence electrons. The van der Waals surface area contributed by atoms with Gasteiger partial charge in [-0.2, -0.15) is 0 Å². The predicted molar refractivity (Wildman–Crippen MR) is 78.4 cm³/mol. The zero-order valence-corrected chi connectivity index (χ0v) is 11.7. The van der Waals surface area contributed by atoms with Crippen LogP contribution in [0.4, 0.5) is 0 Å². The van der Waals surface area contributed by atoms with Gasteiger partial charge in [-0.25, -0.2) is 0 Å². The number of pyridine rings is 1. The maximum atomic E-state index is 5.61. The monoisotopic (exact) mass is 263 g/mol. The summed E-state index contributed by atoms with van der Waals surface area (Å²) < 4.78 is 0. The van der Waals surface area contributed by atoms with Crippen molar-refractivity contribution in [3.8, 4) is 0 Å². The predicted octanol–water partition coefficient (Wildman–Crippen LogP) is 2.34. The summed E-state index contributed by atoms with van der Waals surface area (Å²) in [6, 6.07) is 4.05. The molecule has 18 heavy (non-hydrogen) atoms. The van der Waals surface area contributed by atoms with E-state index in [4.69, 9.17) is 18.0 Å². The molecule has 0 amide bonds. The van der Waals surface area contributed by atoms with E-state index in [1.807, 2.05) is 12.1 Å². The minimum absolute atomic E-state index is 0.374. The van der Waals surface area contributed by atoms with Crippen molar-refractivity contribution < 1.29 is 0 Å². The third-order valence-electron chi connectivity index (χ3n) is 3.67. The number of hydrogen-bond acceptors (Lipinski definition) is 3. The molecule has 0 radical (unpaired) electrons. The van der Waals surface area contributed by atoms with Crippen molar-refractivity contribution in [2.45, 2.75) is 32.7 Å². The van der Waals surface area contributed by atoms with Crippen LogP contribution in [0, 0.1) is 5.92 Å². The van der Waals surface area contributed by atoms with Crippen LogP contribution in [-0.2, 0) is 6.54 Å². The van der Waals surface area contributed by atoms with Gasteiger partial charge in [0.1, 0.15) is 4.99 Å². The van der Waals surface area contributed by atoms with Crippen LogP contribution >= 0.6 is 12.2 Å². The van der Waals surface area contributed by atoms with E-state index in [0.717, 1.165) is 24.7 Å². The molecule has 1 saturated carbocycles. The molecule has 2 N–H and O–H groups in total. The molecule has 1 fully saturated rings. The van der Waals surface area contributed by atoms with Crippen LogP contribution in [0.15, 0.2) is 18.3 Å². The largest absolute Gasteiger partial charge is 0.388 e. The second-order valence-electron chi connectivity index (χ2n) is 5.04. The fraction of sp³-hybridized carbons (Fsp3) is 0.571. The van der Waals surface area contributed by atoms with E-state index in [1.54, 1.807) is 6.20 Å². The fourth-order valence-corrected chi connectivity index (χ4v) is 2.42. The van der Waals surface area contributed by atoms with Crippen LogP contribution in [0.1, 0.15) is 37.4 Å². The number of aromatic nitrogens is 1. The zero-order chi connectivity index (χ0) is 13.0. The molecule has 0 bridgehead atoms. The van der Waals surface area contributed by atoms with E-state index < -0.39 is 0 Å². The van der Waals surface area contributed by atoms with Gasteiger partial charge in [-0.1, -0.05) is 25.6 Å². The first-order valence-electron chi connectivity index (χ1n) is 6.66. The topological polar surface area (TPSA) is 42.2 Å². The number of nitrogens with zero attached hydrogens (tertiary/aromatic N) is 2.